The Bertz CT molecular complexity index is 1020. The van der Waals surface area contributed by atoms with E-state index in [1.807, 2.05) is 24.4 Å². The number of nitro groups is 1. The van der Waals surface area contributed by atoms with E-state index in [-0.39, 0.29) is 17.5 Å². The number of nitro benzene ring substituents is 1. The van der Waals surface area contributed by atoms with Crippen molar-refractivity contribution in [2.75, 3.05) is 6.54 Å². The predicted molar refractivity (Wildman–Crippen MR) is 106 cm³/mol. The van der Waals surface area contributed by atoms with E-state index in [0.717, 1.165) is 30.8 Å². The Balaban J connectivity index is 1.76. The Morgan fingerprint density at radius 2 is 2.00 bits per heavy atom. The predicted octanol–water partition coefficient (Wildman–Crippen LogP) is 5.18. The number of hydrogen-bond acceptors (Lipinski definition) is 3. The lowest BCUT2D eigenvalue weighted by Gasteiger charge is -2.31. The van der Waals surface area contributed by atoms with Crippen molar-refractivity contribution in [2.45, 2.75) is 25.6 Å². The molecule has 0 spiro atoms. The minimum absolute atomic E-state index is 0.0138. The van der Waals surface area contributed by atoms with Crippen LogP contribution in [0.3, 0.4) is 0 Å². The minimum Gasteiger partial charge on any atom is -0.350 e. The van der Waals surface area contributed by atoms with Gasteiger partial charge in [-0.1, -0.05) is 23.7 Å². The summed E-state index contributed by atoms with van der Waals surface area (Å²) >= 11 is 6.34. The first-order valence-electron chi connectivity index (χ1n) is 9.10. The summed E-state index contributed by atoms with van der Waals surface area (Å²) in [5.41, 5.74) is 2.63. The second-order valence-electron chi connectivity index (χ2n) is 6.94. The summed E-state index contributed by atoms with van der Waals surface area (Å²) in [7, 11) is 0. The van der Waals surface area contributed by atoms with E-state index in [4.69, 9.17) is 11.6 Å². The fraction of sp³-hybridized carbons (Fsp3) is 0.238. The van der Waals surface area contributed by atoms with Crippen LogP contribution in [-0.2, 0) is 13.1 Å². The third kappa shape index (κ3) is 3.66. The normalized spacial score (nSPS) is 17.1. The van der Waals surface area contributed by atoms with Crippen LogP contribution in [0.5, 0.6) is 0 Å². The van der Waals surface area contributed by atoms with Crippen LogP contribution < -0.4 is 0 Å². The summed E-state index contributed by atoms with van der Waals surface area (Å²) in [6.45, 7) is 2.07. The van der Waals surface area contributed by atoms with Gasteiger partial charge in [-0.25, -0.2) is 4.39 Å². The van der Waals surface area contributed by atoms with E-state index in [1.54, 1.807) is 18.2 Å². The zero-order valence-electron chi connectivity index (χ0n) is 15.1. The first-order valence-corrected chi connectivity index (χ1v) is 9.48. The van der Waals surface area contributed by atoms with Crippen LogP contribution in [0, 0.1) is 15.9 Å². The van der Waals surface area contributed by atoms with Crippen molar-refractivity contribution in [1.82, 2.24) is 9.47 Å². The Morgan fingerprint density at radius 3 is 2.79 bits per heavy atom. The number of non-ortho nitro benzene ring substituents is 1. The molecule has 4 rings (SSSR count). The Hall–Kier alpha value is -2.70. The molecule has 0 amide bonds. The van der Waals surface area contributed by atoms with Crippen molar-refractivity contribution in [3.63, 3.8) is 0 Å². The van der Waals surface area contributed by atoms with Crippen molar-refractivity contribution >= 4 is 17.3 Å². The maximum absolute atomic E-state index is 14.0. The summed E-state index contributed by atoms with van der Waals surface area (Å²) in [6, 6.07) is 15.0. The molecule has 0 aliphatic carbocycles. The van der Waals surface area contributed by atoms with Gasteiger partial charge in [0.2, 0.25) is 0 Å². The van der Waals surface area contributed by atoms with Crippen LogP contribution in [0.25, 0.3) is 0 Å². The average molecular weight is 400 g/mol. The fourth-order valence-corrected chi connectivity index (χ4v) is 4.06. The SMILES string of the molecule is O=[N+]([O-])c1ccc(Cl)c(CN2CCCn3cccc3[C@H]2c2cccc(F)c2)c1. The molecule has 144 valence electrons. The third-order valence-electron chi connectivity index (χ3n) is 5.13. The Labute approximate surface area is 167 Å². The van der Waals surface area contributed by atoms with Gasteiger partial charge in [0.1, 0.15) is 5.82 Å². The third-order valence-corrected chi connectivity index (χ3v) is 5.50. The molecule has 1 aliphatic rings. The highest BCUT2D eigenvalue weighted by molar-refractivity contribution is 6.31. The van der Waals surface area contributed by atoms with E-state index >= 15 is 0 Å². The molecule has 2 heterocycles. The van der Waals surface area contributed by atoms with E-state index in [1.165, 1.54) is 18.2 Å². The molecule has 28 heavy (non-hydrogen) atoms. The molecular formula is C21H19ClFN3O2. The molecule has 1 aliphatic heterocycles. The zero-order chi connectivity index (χ0) is 19.7. The molecule has 0 N–H and O–H groups in total. The van der Waals surface area contributed by atoms with E-state index in [9.17, 15) is 14.5 Å². The maximum Gasteiger partial charge on any atom is 0.269 e. The van der Waals surface area contributed by atoms with E-state index in [2.05, 4.69) is 9.47 Å². The van der Waals surface area contributed by atoms with Gasteiger partial charge in [-0.3, -0.25) is 15.0 Å². The van der Waals surface area contributed by atoms with Crippen LogP contribution in [0.1, 0.15) is 29.3 Å². The number of fused-ring (bicyclic) bond motifs is 1. The van der Waals surface area contributed by atoms with Gasteiger partial charge < -0.3 is 4.57 Å². The molecule has 3 aromatic rings. The molecule has 0 unspecified atom stereocenters. The standard InChI is InChI=1S/C21H19ClFN3O2/c22-19-8-7-18(26(27)28)13-16(19)14-25-11-3-10-24-9-2-6-20(24)21(25)15-4-1-5-17(23)12-15/h1-2,4-9,12-13,21H,3,10-11,14H2/t21-/m1/s1. The Kier molecular flexibility index (Phi) is 5.15. The number of rotatable bonds is 4. The summed E-state index contributed by atoms with van der Waals surface area (Å²) in [4.78, 5) is 13.0. The maximum atomic E-state index is 14.0. The highest BCUT2D eigenvalue weighted by Crippen LogP contribution is 2.34. The largest absolute Gasteiger partial charge is 0.350 e. The van der Waals surface area contributed by atoms with Gasteiger partial charge >= 0.3 is 0 Å². The summed E-state index contributed by atoms with van der Waals surface area (Å²) < 4.78 is 16.1. The molecule has 1 aromatic heterocycles. The quantitative estimate of drug-likeness (QED) is 0.448. The van der Waals surface area contributed by atoms with Crippen molar-refractivity contribution < 1.29 is 9.31 Å². The van der Waals surface area contributed by atoms with Crippen molar-refractivity contribution in [3.8, 4) is 0 Å². The fourth-order valence-electron chi connectivity index (χ4n) is 3.88. The van der Waals surface area contributed by atoms with Gasteiger partial charge in [-0.2, -0.15) is 0 Å². The van der Waals surface area contributed by atoms with Crippen molar-refractivity contribution in [2.24, 2.45) is 0 Å². The van der Waals surface area contributed by atoms with Crippen molar-refractivity contribution in [1.29, 1.82) is 0 Å². The zero-order valence-corrected chi connectivity index (χ0v) is 15.8. The molecule has 0 saturated heterocycles. The molecule has 5 nitrogen and oxygen atoms in total. The number of halogens is 2. The molecule has 2 aromatic carbocycles. The highest BCUT2D eigenvalue weighted by Gasteiger charge is 2.28. The van der Waals surface area contributed by atoms with Crippen LogP contribution in [0.15, 0.2) is 60.8 Å². The lowest BCUT2D eigenvalue weighted by Crippen LogP contribution is -2.29. The first kappa shape index (κ1) is 18.7. The van der Waals surface area contributed by atoms with Gasteiger partial charge in [0.05, 0.1) is 11.0 Å². The van der Waals surface area contributed by atoms with Gasteiger partial charge in [0.15, 0.2) is 0 Å². The highest BCUT2D eigenvalue weighted by atomic mass is 35.5. The van der Waals surface area contributed by atoms with E-state index in [0.29, 0.717) is 17.1 Å². The molecular weight excluding hydrogens is 381 g/mol. The van der Waals surface area contributed by atoms with Crippen molar-refractivity contribution in [3.05, 3.63) is 98.6 Å². The summed E-state index contributed by atoms with van der Waals surface area (Å²) in [5, 5.41) is 11.7. The molecule has 0 bridgehead atoms. The Morgan fingerprint density at radius 1 is 1.14 bits per heavy atom. The molecule has 0 saturated carbocycles. The number of nitrogens with zero attached hydrogens (tertiary/aromatic N) is 3. The van der Waals surface area contributed by atoms with Gasteiger partial charge in [0, 0.05) is 48.7 Å². The average Bonchev–Trinajstić information content (AvgIpc) is 3.04. The number of aromatic nitrogens is 1. The number of aryl methyl sites for hydroxylation is 1. The second kappa shape index (κ2) is 7.73. The number of hydrogen-bond donors (Lipinski definition) is 0. The monoisotopic (exact) mass is 399 g/mol. The van der Waals surface area contributed by atoms with E-state index < -0.39 is 4.92 Å². The lowest BCUT2D eigenvalue weighted by molar-refractivity contribution is -0.384. The first-order chi connectivity index (χ1) is 13.5. The van der Waals surface area contributed by atoms with Gasteiger partial charge in [0.25, 0.3) is 5.69 Å². The summed E-state index contributed by atoms with van der Waals surface area (Å²) in [6.07, 6.45) is 2.95. The van der Waals surface area contributed by atoms with Gasteiger partial charge in [-0.05, 0) is 47.9 Å². The molecule has 0 radical (unpaired) electrons. The molecule has 1 atom stereocenters. The smallest absolute Gasteiger partial charge is 0.269 e. The topological polar surface area (TPSA) is 51.3 Å². The van der Waals surface area contributed by atoms with Crippen LogP contribution in [0.4, 0.5) is 10.1 Å². The molecule has 7 heteroatoms. The second-order valence-corrected chi connectivity index (χ2v) is 7.35. The van der Waals surface area contributed by atoms with Gasteiger partial charge in [-0.15, -0.1) is 0 Å². The number of benzene rings is 2. The van der Waals surface area contributed by atoms with Crippen LogP contribution >= 0.6 is 11.6 Å². The lowest BCUT2D eigenvalue weighted by atomic mass is 10.0. The molecule has 0 fully saturated rings. The minimum atomic E-state index is -0.419. The van der Waals surface area contributed by atoms with Crippen LogP contribution in [-0.4, -0.2) is 20.9 Å². The van der Waals surface area contributed by atoms with Crippen LogP contribution in [0.2, 0.25) is 5.02 Å². The summed E-state index contributed by atoms with van der Waals surface area (Å²) in [5.74, 6) is -0.284.